The zero-order valence-electron chi connectivity index (χ0n) is 12.7. The van der Waals surface area contributed by atoms with Crippen molar-refractivity contribution in [2.45, 2.75) is 40.0 Å². The molecule has 1 aromatic heterocycles. The predicted molar refractivity (Wildman–Crippen MR) is 82.2 cm³/mol. The third-order valence-electron chi connectivity index (χ3n) is 2.97. The summed E-state index contributed by atoms with van der Waals surface area (Å²) in [4.78, 5) is 11.7. The molecule has 1 heterocycles. The van der Waals surface area contributed by atoms with E-state index in [2.05, 4.69) is 17.3 Å². The van der Waals surface area contributed by atoms with Crippen LogP contribution in [-0.4, -0.2) is 21.9 Å². The Kier molecular flexibility index (Phi) is 4.98. The molecule has 0 amide bonds. The molecular formula is C16H21N3O2. The van der Waals surface area contributed by atoms with Crippen LogP contribution in [0.25, 0.3) is 0 Å². The van der Waals surface area contributed by atoms with Gasteiger partial charge in [-0.3, -0.25) is 4.68 Å². The largest absolute Gasteiger partial charge is 0.459 e. The van der Waals surface area contributed by atoms with E-state index in [-0.39, 0.29) is 12.1 Å². The summed E-state index contributed by atoms with van der Waals surface area (Å²) in [5, 5.41) is 7.53. The van der Waals surface area contributed by atoms with Gasteiger partial charge < -0.3 is 10.1 Å². The molecule has 112 valence electrons. The molecule has 0 bridgehead atoms. The van der Waals surface area contributed by atoms with Crippen molar-refractivity contribution in [1.29, 1.82) is 0 Å². The smallest absolute Gasteiger partial charge is 0.338 e. The number of aromatic nitrogens is 2. The summed E-state index contributed by atoms with van der Waals surface area (Å²) in [6, 6.07) is 7.29. The quantitative estimate of drug-likeness (QED) is 0.830. The number of nitrogens with one attached hydrogen (secondary N) is 1. The van der Waals surface area contributed by atoms with Gasteiger partial charge in [-0.1, -0.05) is 0 Å². The van der Waals surface area contributed by atoms with Gasteiger partial charge >= 0.3 is 5.97 Å². The van der Waals surface area contributed by atoms with Crippen molar-refractivity contribution < 1.29 is 9.53 Å². The van der Waals surface area contributed by atoms with Crippen molar-refractivity contribution in [2.24, 2.45) is 0 Å². The van der Waals surface area contributed by atoms with Crippen LogP contribution in [0.15, 0.2) is 36.7 Å². The van der Waals surface area contributed by atoms with Crippen LogP contribution in [0.3, 0.4) is 0 Å². The van der Waals surface area contributed by atoms with Crippen LogP contribution in [0.4, 0.5) is 5.69 Å². The first-order valence-corrected chi connectivity index (χ1v) is 7.14. The molecule has 0 saturated carbocycles. The summed E-state index contributed by atoms with van der Waals surface area (Å²) in [7, 11) is 0. The van der Waals surface area contributed by atoms with Crippen molar-refractivity contribution >= 4 is 11.7 Å². The van der Waals surface area contributed by atoms with Crippen LogP contribution in [0, 0.1) is 0 Å². The summed E-state index contributed by atoms with van der Waals surface area (Å²) in [6.45, 7) is 7.30. The predicted octanol–water partition coefficient (Wildman–Crippen LogP) is 3.08. The first kappa shape index (κ1) is 15.1. The molecule has 5 heteroatoms. The topological polar surface area (TPSA) is 56.2 Å². The molecule has 5 nitrogen and oxygen atoms in total. The highest BCUT2D eigenvalue weighted by atomic mass is 16.5. The van der Waals surface area contributed by atoms with E-state index in [0.29, 0.717) is 12.1 Å². The summed E-state index contributed by atoms with van der Waals surface area (Å²) < 4.78 is 7.04. The maximum Gasteiger partial charge on any atom is 0.338 e. The molecule has 0 saturated heterocycles. The van der Waals surface area contributed by atoms with Crippen molar-refractivity contribution in [3.05, 3.63) is 47.8 Å². The van der Waals surface area contributed by atoms with Crippen LogP contribution >= 0.6 is 0 Å². The summed E-state index contributed by atoms with van der Waals surface area (Å²) in [6.07, 6.45) is 3.76. The highest BCUT2D eigenvalue weighted by Crippen LogP contribution is 2.12. The second kappa shape index (κ2) is 6.92. The van der Waals surface area contributed by atoms with E-state index in [1.807, 2.05) is 43.1 Å². The minimum absolute atomic E-state index is 0.106. The van der Waals surface area contributed by atoms with Crippen LogP contribution in [0.5, 0.6) is 0 Å². The van der Waals surface area contributed by atoms with Gasteiger partial charge in [0.2, 0.25) is 0 Å². The number of anilines is 1. The van der Waals surface area contributed by atoms with Crippen LogP contribution in [0.2, 0.25) is 0 Å². The van der Waals surface area contributed by atoms with Gasteiger partial charge in [-0.05, 0) is 45.0 Å². The molecule has 2 rings (SSSR count). The average Bonchev–Trinajstić information content (AvgIpc) is 2.93. The molecule has 2 aromatic rings. The zero-order chi connectivity index (χ0) is 15.2. The minimum atomic E-state index is -0.291. The Balaban J connectivity index is 1.91. The Hall–Kier alpha value is -2.30. The Bertz CT molecular complexity index is 588. The Morgan fingerprint density at radius 1 is 1.33 bits per heavy atom. The van der Waals surface area contributed by atoms with Gasteiger partial charge in [-0.15, -0.1) is 0 Å². The standard InChI is InChI=1S/C16H21N3O2/c1-4-19-11-13(10-18-19)9-17-15-7-5-14(6-8-15)16(20)21-12(2)3/h5-8,10-12,17H,4,9H2,1-3H3. The van der Waals surface area contributed by atoms with Crippen molar-refractivity contribution in [3.8, 4) is 0 Å². The van der Waals surface area contributed by atoms with Crippen LogP contribution < -0.4 is 5.32 Å². The molecule has 21 heavy (non-hydrogen) atoms. The lowest BCUT2D eigenvalue weighted by Crippen LogP contribution is -2.11. The number of carbonyl (C=O) groups excluding carboxylic acids is 1. The Morgan fingerprint density at radius 2 is 2.05 bits per heavy atom. The van der Waals surface area contributed by atoms with E-state index in [1.54, 1.807) is 12.1 Å². The zero-order valence-corrected chi connectivity index (χ0v) is 12.7. The SMILES string of the molecule is CCn1cc(CNc2ccc(C(=O)OC(C)C)cc2)cn1. The molecule has 0 radical (unpaired) electrons. The number of esters is 1. The lowest BCUT2D eigenvalue weighted by atomic mass is 10.2. The maximum absolute atomic E-state index is 11.7. The molecule has 0 spiro atoms. The normalized spacial score (nSPS) is 10.7. The van der Waals surface area contributed by atoms with Gasteiger partial charge in [-0.25, -0.2) is 4.79 Å². The number of ether oxygens (including phenoxy) is 1. The molecule has 0 atom stereocenters. The van der Waals surface area contributed by atoms with Crippen molar-refractivity contribution in [2.75, 3.05) is 5.32 Å². The molecule has 0 aliphatic heterocycles. The Morgan fingerprint density at radius 3 is 2.62 bits per heavy atom. The molecule has 1 N–H and O–H groups in total. The molecule has 0 aliphatic rings. The number of hydrogen-bond acceptors (Lipinski definition) is 4. The third-order valence-corrected chi connectivity index (χ3v) is 2.97. The van der Waals surface area contributed by atoms with E-state index >= 15 is 0 Å². The highest BCUT2D eigenvalue weighted by molar-refractivity contribution is 5.89. The molecule has 1 aromatic carbocycles. The molecule has 0 aliphatic carbocycles. The summed E-state index contributed by atoms with van der Waals surface area (Å²) in [5.41, 5.74) is 2.65. The number of carbonyl (C=O) groups is 1. The van der Waals surface area contributed by atoms with Crippen LogP contribution in [0.1, 0.15) is 36.7 Å². The van der Waals surface area contributed by atoms with Gasteiger partial charge in [0, 0.05) is 30.5 Å². The van der Waals surface area contributed by atoms with Gasteiger partial charge in [0.05, 0.1) is 17.9 Å². The number of benzene rings is 1. The summed E-state index contributed by atoms with van der Waals surface area (Å²) >= 11 is 0. The van der Waals surface area contributed by atoms with E-state index < -0.39 is 0 Å². The number of nitrogens with zero attached hydrogens (tertiary/aromatic N) is 2. The third kappa shape index (κ3) is 4.34. The highest BCUT2D eigenvalue weighted by Gasteiger charge is 2.08. The van der Waals surface area contributed by atoms with Gasteiger partial charge in [-0.2, -0.15) is 5.10 Å². The minimum Gasteiger partial charge on any atom is -0.459 e. The van der Waals surface area contributed by atoms with E-state index in [4.69, 9.17) is 4.74 Å². The van der Waals surface area contributed by atoms with Gasteiger partial charge in [0.25, 0.3) is 0 Å². The van der Waals surface area contributed by atoms with Crippen molar-refractivity contribution in [3.63, 3.8) is 0 Å². The first-order chi connectivity index (χ1) is 10.1. The maximum atomic E-state index is 11.7. The number of rotatable bonds is 6. The fourth-order valence-corrected chi connectivity index (χ4v) is 1.88. The fourth-order valence-electron chi connectivity index (χ4n) is 1.88. The fraction of sp³-hybridized carbons (Fsp3) is 0.375. The van der Waals surface area contributed by atoms with Crippen molar-refractivity contribution in [1.82, 2.24) is 9.78 Å². The molecular weight excluding hydrogens is 266 g/mol. The second-order valence-corrected chi connectivity index (χ2v) is 5.09. The monoisotopic (exact) mass is 287 g/mol. The van der Waals surface area contributed by atoms with E-state index in [9.17, 15) is 4.79 Å². The second-order valence-electron chi connectivity index (χ2n) is 5.09. The van der Waals surface area contributed by atoms with Gasteiger partial charge in [0.15, 0.2) is 0 Å². The molecule has 0 unspecified atom stereocenters. The van der Waals surface area contributed by atoms with E-state index in [1.165, 1.54) is 0 Å². The first-order valence-electron chi connectivity index (χ1n) is 7.14. The van der Waals surface area contributed by atoms with E-state index in [0.717, 1.165) is 17.8 Å². The van der Waals surface area contributed by atoms with Gasteiger partial charge in [0.1, 0.15) is 0 Å². The Labute approximate surface area is 124 Å². The lowest BCUT2D eigenvalue weighted by Gasteiger charge is -2.09. The molecule has 0 fully saturated rings. The summed E-state index contributed by atoms with van der Waals surface area (Å²) in [5.74, 6) is -0.291. The average molecular weight is 287 g/mol. The number of aryl methyl sites for hydroxylation is 1. The lowest BCUT2D eigenvalue weighted by molar-refractivity contribution is 0.0378. The number of hydrogen-bond donors (Lipinski definition) is 1. The van der Waals surface area contributed by atoms with Crippen LogP contribution in [-0.2, 0) is 17.8 Å².